The van der Waals surface area contributed by atoms with Crippen LogP contribution in [0.5, 0.6) is 0 Å². The highest BCUT2D eigenvalue weighted by atomic mass is 31.2. The fourth-order valence-corrected chi connectivity index (χ4v) is 3.24. The summed E-state index contributed by atoms with van der Waals surface area (Å²) in [6.07, 6.45) is 12.2. The summed E-state index contributed by atoms with van der Waals surface area (Å²) in [7, 11) is -3.81. The van der Waals surface area contributed by atoms with E-state index in [1.807, 2.05) is 30.3 Å². The zero-order valence-corrected chi connectivity index (χ0v) is 16.3. The van der Waals surface area contributed by atoms with Crippen LogP contribution in [0.1, 0.15) is 63.4 Å². The number of benzene rings is 1. The van der Waals surface area contributed by atoms with Gasteiger partial charge in [0.05, 0.1) is 6.61 Å². The molecule has 0 aliphatic rings. The van der Waals surface area contributed by atoms with Crippen LogP contribution in [-0.2, 0) is 14.1 Å². The highest BCUT2D eigenvalue weighted by molar-refractivity contribution is 7.51. The van der Waals surface area contributed by atoms with Gasteiger partial charge in [0, 0.05) is 12.2 Å². The van der Waals surface area contributed by atoms with Crippen LogP contribution < -0.4 is 0 Å². The standard InChI is InChI=1S/C20H31O5P/c21-20(16-15-19-13-9-8-10-14-19)25-17-11-6-4-2-1-3-5-7-12-18-26(22,23)24/h8-10,13-16H,1-7,11-12,17-18H2,(H2,22,23,24). The van der Waals surface area contributed by atoms with Crippen molar-refractivity contribution in [3.05, 3.63) is 42.0 Å². The average molecular weight is 382 g/mol. The molecule has 0 fully saturated rings. The van der Waals surface area contributed by atoms with Crippen molar-refractivity contribution < 1.29 is 23.9 Å². The second kappa shape index (κ2) is 13.7. The van der Waals surface area contributed by atoms with Gasteiger partial charge in [-0.3, -0.25) is 4.57 Å². The van der Waals surface area contributed by atoms with Crippen LogP contribution in [0.15, 0.2) is 36.4 Å². The molecule has 1 rings (SSSR count). The highest BCUT2D eigenvalue weighted by Crippen LogP contribution is 2.35. The number of esters is 1. The first-order valence-corrected chi connectivity index (χ1v) is 11.2. The zero-order valence-electron chi connectivity index (χ0n) is 15.4. The Morgan fingerprint density at radius 2 is 1.42 bits per heavy atom. The molecule has 0 spiro atoms. The molecule has 0 amide bonds. The normalized spacial score (nSPS) is 11.8. The van der Waals surface area contributed by atoms with Gasteiger partial charge in [-0.05, 0) is 24.5 Å². The van der Waals surface area contributed by atoms with Crippen LogP contribution in [0.4, 0.5) is 0 Å². The van der Waals surface area contributed by atoms with Crippen molar-refractivity contribution in [1.82, 2.24) is 0 Å². The molecule has 0 bridgehead atoms. The van der Waals surface area contributed by atoms with Gasteiger partial charge < -0.3 is 14.5 Å². The van der Waals surface area contributed by atoms with Gasteiger partial charge in [0.25, 0.3) is 0 Å². The molecule has 0 saturated heterocycles. The minimum Gasteiger partial charge on any atom is -0.463 e. The van der Waals surface area contributed by atoms with E-state index < -0.39 is 7.60 Å². The number of unbranched alkanes of at least 4 members (excludes halogenated alkanes) is 8. The molecule has 0 aromatic heterocycles. The largest absolute Gasteiger partial charge is 0.463 e. The third-order valence-corrected chi connectivity index (χ3v) is 4.95. The van der Waals surface area contributed by atoms with Gasteiger partial charge >= 0.3 is 13.6 Å². The summed E-state index contributed by atoms with van der Waals surface area (Å²) >= 11 is 0. The van der Waals surface area contributed by atoms with E-state index in [-0.39, 0.29) is 12.1 Å². The molecule has 6 heteroatoms. The first-order valence-electron chi connectivity index (χ1n) is 9.42. The Labute approximate surface area is 156 Å². The average Bonchev–Trinajstić information content (AvgIpc) is 2.61. The zero-order chi connectivity index (χ0) is 19.1. The number of rotatable bonds is 14. The van der Waals surface area contributed by atoms with E-state index in [0.717, 1.165) is 56.9 Å². The summed E-state index contributed by atoms with van der Waals surface area (Å²) in [5.74, 6) is -0.302. The minimum absolute atomic E-state index is 0.00621. The molecule has 0 atom stereocenters. The molecular formula is C20H31O5P. The summed E-state index contributed by atoms with van der Waals surface area (Å²) in [4.78, 5) is 29.1. The van der Waals surface area contributed by atoms with Crippen molar-refractivity contribution in [1.29, 1.82) is 0 Å². The first-order chi connectivity index (χ1) is 12.5. The third-order valence-electron chi connectivity index (χ3n) is 4.05. The Bertz CT molecular complexity index is 565. The summed E-state index contributed by atoms with van der Waals surface area (Å²) in [6, 6.07) is 9.64. The number of ether oxygens (including phenoxy) is 1. The molecule has 1 aromatic carbocycles. The summed E-state index contributed by atoms with van der Waals surface area (Å²) in [6.45, 7) is 0.459. The van der Waals surface area contributed by atoms with E-state index in [1.165, 1.54) is 6.08 Å². The highest BCUT2D eigenvalue weighted by Gasteiger charge is 2.10. The van der Waals surface area contributed by atoms with Gasteiger partial charge in [0.2, 0.25) is 0 Å². The maximum absolute atomic E-state index is 11.6. The number of carbonyl (C=O) groups is 1. The number of carbonyl (C=O) groups excluding carboxylic acids is 1. The van der Waals surface area contributed by atoms with Crippen LogP contribution >= 0.6 is 7.60 Å². The maximum Gasteiger partial charge on any atom is 0.330 e. The van der Waals surface area contributed by atoms with Crippen molar-refractivity contribution in [2.45, 2.75) is 57.8 Å². The molecule has 0 aliphatic carbocycles. The lowest BCUT2D eigenvalue weighted by atomic mass is 10.1. The number of hydrogen-bond donors (Lipinski definition) is 2. The van der Waals surface area contributed by atoms with E-state index in [4.69, 9.17) is 14.5 Å². The SMILES string of the molecule is O=C(C=Cc1ccccc1)OCCCCCCCCCCCP(=O)(O)O. The second-order valence-corrected chi connectivity index (χ2v) is 8.26. The van der Waals surface area contributed by atoms with Gasteiger partial charge in [0.15, 0.2) is 0 Å². The van der Waals surface area contributed by atoms with Crippen molar-refractivity contribution in [2.24, 2.45) is 0 Å². The lowest BCUT2D eigenvalue weighted by molar-refractivity contribution is -0.137. The monoisotopic (exact) mass is 382 g/mol. The molecule has 1 aromatic rings. The molecule has 5 nitrogen and oxygen atoms in total. The maximum atomic E-state index is 11.6. The summed E-state index contributed by atoms with van der Waals surface area (Å²) in [5.41, 5.74) is 0.978. The van der Waals surface area contributed by atoms with E-state index >= 15 is 0 Å². The topological polar surface area (TPSA) is 83.8 Å². The molecule has 0 radical (unpaired) electrons. The Morgan fingerprint density at radius 3 is 2.00 bits per heavy atom. The van der Waals surface area contributed by atoms with Gasteiger partial charge in [0.1, 0.15) is 0 Å². The van der Waals surface area contributed by atoms with Gasteiger partial charge in [-0.25, -0.2) is 4.79 Å². The second-order valence-electron chi connectivity index (χ2n) is 6.48. The molecular weight excluding hydrogens is 351 g/mol. The van der Waals surface area contributed by atoms with Gasteiger partial charge in [-0.2, -0.15) is 0 Å². The van der Waals surface area contributed by atoms with Crippen LogP contribution in [-0.4, -0.2) is 28.5 Å². The Hall–Kier alpha value is -1.42. The Morgan fingerprint density at radius 1 is 0.885 bits per heavy atom. The molecule has 2 N–H and O–H groups in total. The van der Waals surface area contributed by atoms with E-state index in [2.05, 4.69) is 0 Å². The predicted octanol–water partition coefficient (Wildman–Crippen LogP) is 4.93. The number of hydrogen-bond acceptors (Lipinski definition) is 3. The predicted molar refractivity (Wildman–Crippen MR) is 105 cm³/mol. The molecule has 0 aliphatic heterocycles. The first kappa shape index (κ1) is 22.6. The third kappa shape index (κ3) is 13.8. The Balaban J connectivity index is 1.88. The fraction of sp³-hybridized carbons (Fsp3) is 0.550. The van der Waals surface area contributed by atoms with Crippen molar-refractivity contribution in [3.63, 3.8) is 0 Å². The lowest BCUT2D eigenvalue weighted by Gasteiger charge is -2.04. The van der Waals surface area contributed by atoms with Crippen LogP contribution in [0.2, 0.25) is 0 Å². The van der Waals surface area contributed by atoms with E-state index in [1.54, 1.807) is 6.08 Å². The van der Waals surface area contributed by atoms with E-state index in [9.17, 15) is 9.36 Å². The lowest BCUT2D eigenvalue weighted by Crippen LogP contribution is -2.02. The van der Waals surface area contributed by atoms with Crippen LogP contribution in [0, 0.1) is 0 Å². The summed E-state index contributed by atoms with van der Waals surface area (Å²) in [5, 5.41) is 0. The molecule has 0 saturated carbocycles. The summed E-state index contributed by atoms with van der Waals surface area (Å²) < 4.78 is 15.9. The molecule has 0 unspecified atom stereocenters. The minimum atomic E-state index is -3.81. The van der Waals surface area contributed by atoms with Crippen molar-refractivity contribution in [2.75, 3.05) is 12.8 Å². The van der Waals surface area contributed by atoms with Crippen molar-refractivity contribution >= 4 is 19.6 Å². The molecule has 0 heterocycles. The van der Waals surface area contributed by atoms with Crippen LogP contribution in [0.3, 0.4) is 0 Å². The fourth-order valence-electron chi connectivity index (χ4n) is 2.61. The van der Waals surface area contributed by atoms with Crippen molar-refractivity contribution in [3.8, 4) is 0 Å². The molecule has 146 valence electrons. The quantitative estimate of drug-likeness (QED) is 0.206. The van der Waals surface area contributed by atoms with Gasteiger partial charge in [-0.15, -0.1) is 0 Å². The Kier molecular flexibility index (Phi) is 12.0. The molecule has 26 heavy (non-hydrogen) atoms. The van der Waals surface area contributed by atoms with Crippen LogP contribution in [0.25, 0.3) is 6.08 Å². The smallest absolute Gasteiger partial charge is 0.330 e. The van der Waals surface area contributed by atoms with E-state index in [0.29, 0.717) is 13.0 Å². The van der Waals surface area contributed by atoms with Gasteiger partial charge in [-0.1, -0.05) is 75.3 Å².